The third kappa shape index (κ3) is 3.59. The Balaban J connectivity index is 1.55. The van der Waals surface area contributed by atoms with Crippen molar-refractivity contribution in [3.05, 3.63) is 63.6 Å². The van der Waals surface area contributed by atoms with Crippen LogP contribution in [0.2, 0.25) is 10.0 Å². The molecule has 2 aliphatic rings. The molecule has 30 heavy (non-hydrogen) atoms. The lowest BCUT2D eigenvalue weighted by Gasteiger charge is -2.24. The van der Waals surface area contributed by atoms with Crippen molar-refractivity contribution in [2.75, 3.05) is 24.6 Å². The molecule has 2 aliphatic heterocycles. The molecule has 2 fully saturated rings. The number of nitrogens with one attached hydrogen (secondary N) is 1. The maximum absolute atomic E-state index is 13.2. The highest BCUT2D eigenvalue weighted by Crippen LogP contribution is 2.32. The van der Waals surface area contributed by atoms with Gasteiger partial charge in [-0.3, -0.25) is 14.6 Å². The molecule has 0 spiro atoms. The molecular formula is C21H19Cl2N3O4. The highest BCUT2D eigenvalue weighted by atomic mass is 35.5. The number of cyclic esters (lactones) is 1. The maximum atomic E-state index is 13.2. The summed E-state index contributed by atoms with van der Waals surface area (Å²) in [5.41, 5.74) is 0.714. The highest BCUT2D eigenvalue weighted by Gasteiger charge is 2.49. The lowest BCUT2D eigenvalue weighted by molar-refractivity contribution is -0.131. The highest BCUT2D eigenvalue weighted by molar-refractivity contribution is 6.33. The second kappa shape index (κ2) is 7.81. The molecule has 156 valence electrons. The molecule has 1 atom stereocenters. The van der Waals surface area contributed by atoms with Crippen LogP contribution >= 0.6 is 23.2 Å². The molecule has 2 saturated heterocycles. The van der Waals surface area contributed by atoms with Crippen LogP contribution in [0.15, 0.2) is 42.5 Å². The van der Waals surface area contributed by atoms with Gasteiger partial charge in [0.15, 0.2) is 0 Å². The summed E-state index contributed by atoms with van der Waals surface area (Å²) in [6, 6.07) is 11.6. The van der Waals surface area contributed by atoms with Gasteiger partial charge in [0.25, 0.3) is 5.91 Å². The molecule has 7 nitrogen and oxygen atoms in total. The van der Waals surface area contributed by atoms with E-state index >= 15 is 0 Å². The lowest BCUT2D eigenvalue weighted by atomic mass is 9.91. The molecule has 0 saturated carbocycles. The summed E-state index contributed by atoms with van der Waals surface area (Å²) in [4.78, 5) is 40.3. The summed E-state index contributed by atoms with van der Waals surface area (Å²) in [5.74, 6) is -0.369. The number of hydrogen-bond donors (Lipinski definition) is 1. The average molecular weight is 448 g/mol. The minimum absolute atomic E-state index is 0.165. The van der Waals surface area contributed by atoms with Gasteiger partial charge in [-0.15, -0.1) is 0 Å². The number of hydrogen-bond acceptors (Lipinski definition) is 4. The number of anilines is 1. The standard InChI is InChI=1S/C21H19Cl2N3O4/c1-21(14-3-2-4-16(12-14)25-9-10-30-20(25)29)18(27)26(19(28)24-21)8-7-13-11-15(22)5-6-17(13)23/h2-6,11-12H,7-10H2,1H3,(H,24,28). The number of carbonyl (C=O) groups is 3. The van der Waals surface area contributed by atoms with Crippen molar-refractivity contribution in [3.8, 4) is 0 Å². The summed E-state index contributed by atoms with van der Waals surface area (Å²) in [6.45, 7) is 2.57. The number of rotatable bonds is 5. The monoisotopic (exact) mass is 447 g/mol. The number of amides is 4. The molecule has 1 N–H and O–H groups in total. The van der Waals surface area contributed by atoms with E-state index in [2.05, 4.69) is 5.32 Å². The molecule has 2 aromatic carbocycles. The molecule has 0 bridgehead atoms. The number of urea groups is 1. The van der Waals surface area contributed by atoms with Crippen LogP contribution in [-0.2, 0) is 21.5 Å². The number of halogens is 2. The first-order valence-electron chi connectivity index (χ1n) is 9.42. The average Bonchev–Trinajstić information content (AvgIpc) is 3.24. The molecule has 0 aromatic heterocycles. The Hall–Kier alpha value is -2.77. The second-order valence-corrected chi connectivity index (χ2v) is 8.16. The molecule has 4 rings (SSSR count). The van der Waals surface area contributed by atoms with Crippen LogP contribution in [0.3, 0.4) is 0 Å². The van der Waals surface area contributed by atoms with Crippen molar-refractivity contribution < 1.29 is 19.1 Å². The van der Waals surface area contributed by atoms with E-state index in [1.165, 1.54) is 9.80 Å². The number of carbonyl (C=O) groups excluding carboxylic acids is 3. The van der Waals surface area contributed by atoms with E-state index in [4.69, 9.17) is 27.9 Å². The quantitative estimate of drug-likeness (QED) is 0.703. The van der Waals surface area contributed by atoms with Crippen molar-refractivity contribution in [2.45, 2.75) is 18.9 Å². The number of nitrogens with zero attached hydrogens (tertiary/aromatic N) is 2. The molecule has 2 heterocycles. The van der Waals surface area contributed by atoms with Gasteiger partial charge >= 0.3 is 12.1 Å². The van der Waals surface area contributed by atoms with Gasteiger partial charge in [-0.1, -0.05) is 35.3 Å². The van der Waals surface area contributed by atoms with Gasteiger partial charge < -0.3 is 10.1 Å². The topological polar surface area (TPSA) is 79.0 Å². The van der Waals surface area contributed by atoms with Crippen molar-refractivity contribution >= 4 is 46.9 Å². The molecule has 2 aromatic rings. The van der Waals surface area contributed by atoms with Gasteiger partial charge in [-0.25, -0.2) is 9.59 Å². The Bertz CT molecular complexity index is 1040. The van der Waals surface area contributed by atoms with Crippen LogP contribution < -0.4 is 10.2 Å². The largest absolute Gasteiger partial charge is 0.447 e. The minimum atomic E-state index is -1.24. The van der Waals surface area contributed by atoms with Crippen molar-refractivity contribution in [2.24, 2.45) is 0 Å². The lowest BCUT2D eigenvalue weighted by Crippen LogP contribution is -2.41. The van der Waals surface area contributed by atoms with E-state index in [1.807, 2.05) is 0 Å². The van der Waals surface area contributed by atoms with Gasteiger partial charge in [-0.05, 0) is 54.8 Å². The normalized spacial score (nSPS) is 21.2. The first-order chi connectivity index (χ1) is 14.3. The van der Waals surface area contributed by atoms with E-state index in [1.54, 1.807) is 49.4 Å². The maximum Gasteiger partial charge on any atom is 0.414 e. The molecule has 0 aliphatic carbocycles. The number of imide groups is 1. The van der Waals surface area contributed by atoms with Gasteiger partial charge in [0.05, 0.1) is 6.54 Å². The van der Waals surface area contributed by atoms with E-state index < -0.39 is 17.7 Å². The molecular weight excluding hydrogens is 429 g/mol. The zero-order valence-corrected chi connectivity index (χ0v) is 17.7. The fourth-order valence-corrected chi connectivity index (χ4v) is 4.08. The molecule has 9 heteroatoms. The Morgan fingerprint density at radius 1 is 1.13 bits per heavy atom. The van der Waals surface area contributed by atoms with Gasteiger partial charge in [0, 0.05) is 22.3 Å². The van der Waals surface area contributed by atoms with Crippen LogP contribution in [0, 0.1) is 0 Å². The second-order valence-electron chi connectivity index (χ2n) is 7.31. The smallest absolute Gasteiger partial charge is 0.414 e. The summed E-state index contributed by atoms with van der Waals surface area (Å²) >= 11 is 12.2. The fourth-order valence-electron chi connectivity index (χ4n) is 3.68. The van der Waals surface area contributed by atoms with Crippen molar-refractivity contribution in [3.63, 3.8) is 0 Å². The van der Waals surface area contributed by atoms with E-state index in [0.717, 1.165) is 5.56 Å². The Morgan fingerprint density at radius 3 is 2.67 bits per heavy atom. The van der Waals surface area contributed by atoms with Crippen LogP contribution in [0.25, 0.3) is 0 Å². The summed E-state index contributed by atoms with van der Waals surface area (Å²) < 4.78 is 4.98. The summed E-state index contributed by atoms with van der Waals surface area (Å²) in [6.07, 6.45) is -0.0482. The van der Waals surface area contributed by atoms with E-state index in [0.29, 0.717) is 40.9 Å². The summed E-state index contributed by atoms with van der Waals surface area (Å²) in [7, 11) is 0. The van der Waals surface area contributed by atoms with Crippen molar-refractivity contribution in [1.82, 2.24) is 10.2 Å². The van der Waals surface area contributed by atoms with Gasteiger partial charge in [-0.2, -0.15) is 0 Å². The third-order valence-corrected chi connectivity index (χ3v) is 5.99. The van der Waals surface area contributed by atoms with Crippen LogP contribution in [0.1, 0.15) is 18.1 Å². The summed E-state index contributed by atoms with van der Waals surface area (Å²) in [5, 5.41) is 3.84. The zero-order valence-electron chi connectivity index (χ0n) is 16.2. The van der Waals surface area contributed by atoms with Crippen LogP contribution in [-0.4, -0.2) is 42.6 Å². The Labute approximate surface area is 183 Å². The first kappa shape index (κ1) is 20.5. The van der Waals surface area contributed by atoms with Crippen LogP contribution in [0.4, 0.5) is 15.3 Å². The predicted octanol–water partition coefficient (Wildman–Crippen LogP) is 3.96. The van der Waals surface area contributed by atoms with E-state index in [-0.39, 0.29) is 12.5 Å². The number of benzene rings is 2. The van der Waals surface area contributed by atoms with Gasteiger partial charge in [0.1, 0.15) is 12.1 Å². The van der Waals surface area contributed by atoms with Crippen LogP contribution in [0.5, 0.6) is 0 Å². The third-order valence-electron chi connectivity index (χ3n) is 5.38. The molecule has 1 unspecified atom stereocenters. The van der Waals surface area contributed by atoms with E-state index in [9.17, 15) is 14.4 Å². The predicted molar refractivity (Wildman–Crippen MR) is 113 cm³/mol. The molecule has 0 radical (unpaired) electrons. The van der Waals surface area contributed by atoms with Crippen molar-refractivity contribution in [1.29, 1.82) is 0 Å². The number of ether oxygens (including phenoxy) is 1. The molecule has 4 amide bonds. The minimum Gasteiger partial charge on any atom is -0.447 e. The zero-order chi connectivity index (χ0) is 21.5. The van der Waals surface area contributed by atoms with Gasteiger partial charge in [0.2, 0.25) is 0 Å². The first-order valence-corrected chi connectivity index (χ1v) is 10.2. The SMILES string of the molecule is CC1(c2cccc(N3CCOC3=O)c2)NC(=O)N(CCc2cc(Cl)ccc2Cl)C1=O. The Kier molecular flexibility index (Phi) is 5.34. The Morgan fingerprint density at radius 2 is 1.93 bits per heavy atom. The fraction of sp³-hybridized carbons (Fsp3) is 0.286.